The van der Waals surface area contributed by atoms with E-state index in [-0.39, 0.29) is 23.0 Å². The third kappa shape index (κ3) is 4.99. The van der Waals surface area contributed by atoms with Crippen molar-refractivity contribution in [3.8, 4) is 5.75 Å². The summed E-state index contributed by atoms with van der Waals surface area (Å²) in [4.78, 5) is 11.2. The summed E-state index contributed by atoms with van der Waals surface area (Å²) in [5.74, 6) is -0.428. The molecule has 0 saturated heterocycles. The SMILES string of the molecule is COc1ccc(CCNS(=O)(=O)c2cc(C(=O)O)ccc2NC2CC2)cc1. The summed E-state index contributed by atoms with van der Waals surface area (Å²) in [6, 6.07) is 11.7. The van der Waals surface area contributed by atoms with Crippen molar-refractivity contribution in [3.63, 3.8) is 0 Å². The Bertz CT molecular complexity index is 922. The molecule has 0 spiro atoms. The van der Waals surface area contributed by atoms with E-state index >= 15 is 0 Å². The van der Waals surface area contributed by atoms with Crippen LogP contribution < -0.4 is 14.8 Å². The molecule has 1 fully saturated rings. The highest BCUT2D eigenvalue weighted by atomic mass is 32.2. The summed E-state index contributed by atoms with van der Waals surface area (Å²) >= 11 is 0. The second-order valence-electron chi connectivity index (χ2n) is 6.43. The largest absolute Gasteiger partial charge is 0.497 e. The molecule has 0 unspecified atom stereocenters. The summed E-state index contributed by atoms with van der Waals surface area (Å²) in [6.45, 7) is 0.203. The van der Waals surface area contributed by atoms with Crippen molar-refractivity contribution in [1.29, 1.82) is 0 Å². The van der Waals surface area contributed by atoms with E-state index in [0.717, 1.165) is 24.2 Å². The summed E-state index contributed by atoms with van der Waals surface area (Å²) in [5.41, 5.74) is 1.33. The molecule has 3 N–H and O–H groups in total. The lowest BCUT2D eigenvalue weighted by molar-refractivity contribution is 0.0696. The Morgan fingerprint density at radius 2 is 1.89 bits per heavy atom. The molecule has 0 atom stereocenters. The molecule has 2 aromatic carbocycles. The van der Waals surface area contributed by atoms with Crippen molar-refractivity contribution < 1.29 is 23.1 Å². The molecule has 2 aromatic rings. The Morgan fingerprint density at radius 3 is 2.48 bits per heavy atom. The maximum atomic E-state index is 12.8. The minimum absolute atomic E-state index is 0.0379. The average molecular weight is 390 g/mol. The first-order chi connectivity index (χ1) is 12.9. The summed E-state index contributed by atoms with van der Waals surface area (Å²) < 4.78 is 33.2. The summed E-state index contributed by atoms with van der Waals surface area (Å²) in [7, 11) is -2.26. The topological polar surface area (TPSA) is 105 Å². The van der Waals surface area contributed by atoms with Crippen LogP contribution in [0.1, 0.15) is 28.8 Å². The van der Waals surface area contributed by atoms with E-state index in [2.05, 4.69) is 10.0 Å². The van der Waals surface area contributed by atoms with Gasteiger partial charge in [0.15, 0.2) is 0 Å². The number of hydrogen-bond acceptors (Lipinski definition) is 5. The lowest BCUT2D eigenvalue weighted by atomic mass is 10.1. The maximum Gasteiger partial charge on any atom is 0.335 e. The molecule has 1 aliphatic carbocycles. The van der Waals surface area contributed by atoms with Gasteiger partial charge >= 0.3 is 5.97 Å². The van der Waals surface area contributed by atoms with Gasteiger partial charge < -0.3 is 15.2 Å². The molecule has 0 aliphatic heterocycles. The van der Waals surface area contributed by atoms with Crippen LogP contribution in [-0.4, -0.2) is 39.2 Å². The van der Waals surface area contributed by atoms with E-state index in [1.807, 2.05) is 24.3 Å². The van der Waals surface area contributed by atoms with Gasteiger partial charge in [0, 0.05) is 12.6 Å². The van der Waals surface area contributed by atoms with Crippen molar-refractivity contribution in [3.05, 3.63) is 53.6 Å². The van der Waals surface area contributed by atoms with Gasteiger partial charge in [-0.25, -0.2) is 17.9 Å². The molecule has 3 rings (SSSR count). The number of ether oxygens (including phenoxy) is 1. The second-order valence-corrected chi connectivity index (χ2v) is 8.17. The van der Waals surface area contributed by atoms with Crippen LogP contribution in [0, 0.1) is 0 Å². The smallest absolute Gasteiger partial charge is 0.335 e. The number of hydrogen-bond donors (Lipinski definition) is 3. The van der Waals surface area contributed by atoms with Crippen molar-refractivity contribution in [2.75, 3.05) is 19.0 Å². The normalized spacial score (nSPS) is 14.0. The number of carboxylic acids is 1. The Morgan fingerprint density at radius 1 is 1.19 bits per heavy atom. The first-order valence-electron chi connectivity index (χ1n) is 8.65. The quantitative estimate of drug-likeness (QED) is 0.608. The van der Waals surface area contributed by atoms with E-state index in [0.29, 0.717) is 12.1 Å². The zero-order chi connectivity index (χ0) is 19.4. The number of nitrogens with one attached hydrogen (secondary N) is 2. The summed E-state index contributed by atoms with van der Waals surface area (Å²) in [6.07, 6.45) is 2.46. The standard InChI is InChI=1S/C19H22N2O5S/c1-26-16-7-2-13(3-8-16)10-11-20-27(24,25)18-12-14(19(22)23)4-9-17(18)21-15-5-6-15/h2-4,7-9,12,15,20-21H,5-6,10-11H2,1H3,(H,22,23). The number of sulfonamides is 1. The molecule has 0 bridgehead atoms. The maximum absolute atomic E-state index is 12.8. The molecule has 1 saturated carbocycles. The predicted octanol–water partition coefficient (Wildman–Crippen LogP) is 2.49. The lowest BCUT2D eigenvalue weighted by Gasteiger charge is -2.14. The molecular weight excluding hydrogens is 368 g/mol. The highest BCUT2D eigenvalue weighted by Crippen LogP contribution is 2.29. The number of rotatable bonds is 9. The van der Waals surface area contributed by atoms with E-state index in [4.69, 9.17) is 4.74 Å². The third-order valence-electron chi connectivity index (χ3n) is 4.32. The fourth-order valence-corrected chi connectivity index (χ4v) is 3.87. The first-order valence-corrected chi connectivity index (χ1v) is 10.1. The third-order valence-corrected chi connectivity index (χ3v) is 5.82. The first kappa shape index (κ1) is 19.2. The van der Waals surface area contributed by atoms with Crippen molar-refractivity contribution in [2.24, 2.45) is 0 Å². The molecule has 7 nitrogen and oxygen atoms in total. The molecule has 27 heavy (non-hydrogen) atoms. The van der Waals surface area contributed by atoms with Crippen LogP contribution >= 0.6 is 0 Å². The number of anilines is 1. The van der Waals surface area contributed by atoms with Crippen molar-refractivity contribution >= 4 is 21.7 Å². The van der Waals surface area contributed by atoms with Crippen molar-refractivity contribution in [2.45, 2.75) is 30.2 Å². The van der Waals surface area contributed by atoms with Gasteiger partial charge in [-0.3, -0.25) is 0 Å². The van der Waals surface area contributed by atoms with Gasteiger partial charge in [0.2, 0.25) is 10.0 Å². The Balaban J connectivity index is 1.73. The highest BCUT2D eigenvalue weighted by molar-refractivity contribution is 7.89. The van der Waals surface area contributed by atoms with E-state index in [1.54, 1.807) is 7.11 Å². The van der Waals surface area contributed by atoms with Crippen LogP contribution in [0.15, 0.2) is 47.4 Å². The minimum atomic E-state index is -3.85. The van der Waals surface area contributed by atoms with Gasteiger partial charge in [0.1, 0.15) is 10.6 Å². The molecule has 0 heterocycles. The second kappa shape index (κ2) is 7.98. The molecule has 0 aromatic heterocycles. The Hall–Kier alpha value is -2.58. The van der Waals surface area contributed by atoms with Gasteiger partial charge in [-0.2, -0.15) is 0 Å². The average Bonchev–Trinajstić information content (AvgIpc) is 3.46. The fourth-order valence-electron chi connectivity index (χ4n) is 2.64. The number of methoxy groups -OCH3 is 1. The monoisotopic (exact) mass is 390 g/mol. The van der Waals surface area contributed by atoms with Crippen LogP contribution in [0.2, 0.25) is 0 Å². The predicted molar refractivity (Wildman–Crippen MR) is 102 cm³/mol. The Labute approximate surface area is 158 Å². The number of carboxylic acid groups (broad SMARTS) is 1. The van der Waals surface area contributed by atoms with Crippen LogP contribution in [0.25, 0.3) is 0 Å². The number of aromatic carboxylic acids is 1. The van der Waals surface area contributed by atoms with Crippen molar-refractivity contribution in [1.82, 2.24) is 4.72 Å². The lowest BCUT2D eigenvalue weighted by Crippen LogP contribution is -2.27. The van der Waals surface area contributed by atoms with Crippen LogP contribution in [0.4, 0.5) is 5.69 Å². The minimum Gasteiger partial charge on any atom is -0.497 e. The molecule has 1 aliphatic rings. The molecule has 8 heteroatoms. The molecule has 144 valence electrons. The molecule has 0 amide bonds. The van der Waals surface area contributed by atoms with Gasteiger partial charge in [0.25, 0.3) is 0 Å². The van der Waals surface area contributed by atoms with E-state index in [9.17, 15) is 18.3 Å². The zero-order valence-electron chi connectivity index (χ0n) is 14.9. The van der Waals surface area contributed by atoms with Gasteiger partial charge in [-0.15, -0.1) is 0 Å². The van der Waals surface area contributed by atoms with E-state index < -0.39 is 16.0 Å². The van der Waals surface area contributed by atoms with Gasteiger partial charge in [-0.1, -0.05) is 12.1 Å². The fraction of sp³-hybridized carbons (Fsp3) is 0.316. The molecular formula is C19H22N2O5S. The summed E-state index contributed by atoms with van der Waals surface area (Å²) in [5, 5.41) is 12.3. The van der Waals surface area contributed by atoms with Crippen LogP contribution in [-0.2, 0) is 16.4 Å². The highest BCUT2D eigenvalue weighted by Gasteiger charge is 2.26. The molecule has 0 radical (unpaired) electrons. The van der Waals surface area contributed by atoms with E-state index in [1.165, 1.54) is 18.2 Å². The van der Waals surface area contributed by atoms with Crippen LogP contribution in [0.3, 0.4) is 0 Å². The number of benzene rings is 2. The Kier molecular flexibility index (Phi) is 5.67. The van der Waals surface area contributed by atoms with Crippen LogP contribution in [0.5, 0.6) is 5.75 Å². The van der Waals surface area contributed by atoms with Gasteiger partial charge in [-0.05, 0) is 55.2 Å². The number of carbonyl (C=O) groups is 1. The zero-order valence-corrected chi connectivity index (χ0v) is 15.8. The van der Waals surface area contributed by atoms with Gasteiger partial charge in [0.05, 0.1) is 18.4 Å².